The molecule has 1 atom stereocenters. The number of pyridine rings is 1. The van der Waals surface area contributed by atoms with Crippen LogP contribution in [0.2, 0.25) is 0 Å². The zero-order valence-electron chi connectivity index (χ0n) is 14.2. The smallest absolute Gasteiger partial charge is 0.223 e. The van der Waals surface area contributed by atoms with E-state index in [1.54, 1.807) is 11.3 Å². The summed E-state index contributed by atoms with van der Waals surface area (Å²) in [6.45, 7) is 4.52. The van der Waals surface area contributed by atoms with Gasteiger partial charge in [0.2, 0.25) is 5.91 Å². The zero-order valence-corrected chi connectivity index (χ0v) is 15.0. The third-order valence-electron chi connectivity index (χ3n) is 4.64. The number of hydrogen-bond acceptors (Lipinski definition) is 5. The summed E-state index contributed by atoms with van der Waals surface area (Å²) < 4.78 is 0. The highest BCUT2D eigenvalue weighted by Gasteiger charge is 2.23. The average Bonchev–Trinajstić information content (AvgIpc) is 3.23. The number of likely N-dealkylation sites (tertiary alicyclic amines) is 1. The fourth-order valence-electron chi connectivity index (χ4n) is 3.58. The number of aromatic amines is 1. The van der Waals surface area contributed by atoms with E-state index >= 15 is 0 Å². The molecule has 1 aliphatic heterocycles. The Kier molecular flexibility index (Phi) is 4.50. The summed E-state index contributed by atoms with van der Waals surface area (Å²) in [5.74, 6) is 0.437. The van der Waals surface area contributed by atoms with Crippen molar-refractivity contribution in [2.45, 2.75) is 32.2 Å². The summed E-state index contributed by atoms with van der Waals surface area (Å²) >= 11 is 1.55. The number of nitrogens with zero attached hydrogens (tertiary/aromatic N) is 3. The van der Waals surface area contributed by atoms with Crippen LogP contribution in [-0.2, 0) is 11.3 Å². The second-order valence-electron chi connectivity index (χ2n) is 6.53. The predicted octanol–water partition coefficient (Wildman–Crippen LogP) is 3.36. The Balaban J connectivity index is 1.47. The van der Waals surface area contributed by atoms with Crippen molar-refractivity contribution in [2.24, 2.45) is 0 Å². The minimum Gasteiger partial charge on any atom is -0.360 e. The molecule has 0 radical (unpaired) electrons. The first-order valence-corrected chi connectivity index (χ1v) is 9.37. The lowest BCUT2D eigenvalue weighted by atomic mass is 9.90. The van der Waals surface area contributed by atoms with Gasteiger partial charge in [-0.1, -0.05) is 0 Å². The van der Waals surface area contributed by atoms with Crippen LogP contribution in [0.25, 0.3) is 11.0 Å². The molecule has 1 amide bonds. The molecule has 0 aromatic carbocycles. The largest absolute Gasteiger partial charge is 0.360 e. The van der Waals surface area contributed by atoms with Gasteiger partial charge in [0.1, 0.15) is 0 Å². The van der Waals surface area contributed by atoms with E-state index in [1.165, 1.54) is 35.7 Å². The van der Waals surface area contributed by atoms with E-state index in [-0.39, 0.29) is 5.91 Å². The number of thiazole rings is 1. The van der Waals surface area contributed by atoms with Crippen LogP contribution in [0.15, 0.2) is 30.7 Å². The van der Waals surface area contributed by atoms with E-state index in [1.807, 2.05) is 24.7 Å². The van der Waals surface area contributed by atoms with Crippen molar-refractivity contribution >= 4 is 33.4 Å². The SMILES string of the molecule is CC(=O)Nc1ncc(CN2CCC[C@H](c3ccnc4cc[nH]c34)C2)s1. The predicted molar refractivity (Wildman–Crippen MR) is 99.8 cm³/mol. The Labute approximate surface area is 150 Å². The molecule has 0 unspecified atom stereocenters. The van der Waals surface area contributed by atoms with Gasteiger partial charge < -0.3 is 10.3 Å². The highest BCUT2D eigenvalue weighted by atomic mass is 32.1. The van der Waals surface area contributed by atoms with Gasteiger partial charge in [-0.25, -0.2) is 4.98 Å². The molecule has 1 saturated heterocycles. The van der Waals surface area contributed by atoms with E-state index in [0.717, 1.165) is 25.2 Å². The molecule has 1 fully saturated rings. The van der Waals surface area contributed by atoms with Crippen molar-refractivity contribution in [3.05, 3.63) is 41.2 Å². The fraction of sp³-hybridized carbons (Fsp3) is 0.389. The maximum absolute atomic E-state index is 11.1. The van der Waals surface area contributed by atoms with Crippen LogP contribution in [0.1, 0.15) is 36.1 Å². The Bertz CT molecular complexity index is 886. The second-order valence-corrected chi connectivity index (χ2v) is 7.64. The number of amides is 1. The lowest BCUT2D eigenvalue weighted by molar-refractivity contribution is -0.114. The van der Waals surface area contributed by atoms with Crippen LogP contribution in [-0.4, -0.2) is 38.8 Å². The summed E-state index contributed by atoms with van der Waals surface area (Å²) in [5.41, 5.74) is 3.57. The van der Waals surface area contributed by atoms with Gasteiger partial charge >= 0.3 is 0 Å². The van der Waals surface area contributed by atoms with E-state index in [2.05, 4.69) is 31.2 Å². The molecule has 3 aromatic rings. The number of carbonyl (C=O) groups is 1. The average molecular weight is 355 g/mol. The first-order valence-electron chi connectivity index (χ1n) is 8.55. The topological polar surface area (TPSA) is 73.9 Å². The number of anilines is 1. The minimum atomic E-state index is -0.0772. The van der Waals surface area contributed by atoms with Gasteiger partial charge in [-0.15, -0.1) is 11.3 Å². The quantitative estimate of drug-likeness (QED) is 0.753. The number of H-pyrrole nitrogens is 1. The first kappa shape index (κ1) is 16.2. The highest BCUT2D eigenvalue weighted by Crippen LogP contribution is 2.32. The summed E-state index contributed by atoms with van der Waals surface area (Å²) in [5, 5.41) is 3.43. The molecule has 6 nitrogen and oxygen atoms in total. The van der Waals surface area contributed by atoms with E-state index in [9.17, 15) is 4.79 Å². The van der Waals surface area contributed by atoms with Gasteiger partial charge in [-0.05, 0) is 43.0 Å². The molecule has 0 aliphatic carbocycles. The number of rotatable bonds is 4. The number of piperidine rings is 1. The third-order valence-corrected chi connectivity index (χ3v) is 5.54. The monoisotopic (exact) mass is 355 g/mol. The van der Waals surface area contributed by atoms with Crippen LogP contribution >= 0.6 is 11.3 Å². The van der Waals surface area contributed by atoms with Crippen molar-refractivity contribution in [3.63, 3.8) is 0 Å². The summed E-state index contributed by atoms with van der Waals surface area (Å²) in [4.78, 5) is 26.8. The van der Waals surface area contributed by atoms with Crippen LogP contribution in [0.3, 0.4) is 0 Å². The molecular formula is C18H21N5OS. The van der Waals surface area contributed by atoms with Gasteiger partial charge in [0.25, 0.3) is 0 Å². The van der Waals surface area contributed by atoms with Crippen LogP contribution in [0.4, 0.5) is 5.13 Å². The molecule has 130 valence electrons. The van der Waals surface area contributed by atoms with Crippen LogP contribution in [0, 0.1) is 0 Å². The molecule has 2 N–H and O–H groups in total. The van der Waals surface area contributed by atoms with Crippen LogP contribution < -0.4 is 5.32 Å². The molecule has 4 rings (SSSR count). The number of carbonyl (C=O) groups excluding carboxylic acids is 1. The molecule has 0 spiro atoms. The molecule has 4 heterocycles. The molecule has 3 aromatic heterocycles. The molecule has 0 bridgehead atoms. The minimum absolute atomic E-state index is 0.0772. The third kappa shape index (κ3) is 3.57. The van der Waals surface area contributed by atoms with Crippen molar-refractivity contribution in [1.82, 2.24) is 19.9 Å². The molecule has 25 heavy (non-hydrogen) atoms. The molecule has 1 aliphatic rings. The molecule has 7 heteroatoms. The van der Waals surface area contributed by atoms with Gasteiger partial charge in [0.05, 0.1) is 11.0 Å². The maximum atomic E-state index is 11.1. The van der Waals surface area contributed by atoms with Crippen LogP contribution in [0.5, 0.6) is 0 Å². The summed E-state index contributed by atoms with van der Waals surface area (Å²) in [6, 6.07) is 4.18. The Hall–Kier alpha value is -2.25. The number of aromatic nitrogens is 3. The lowest BCUT2D eigenvalue weighted by Gasteiger charge is -2.32. The molecular weight excluding hydrogens is 334 g/mol. The lowest BCUT2D eigenvalue weighted by Crippen LogP contribution is -2.33. The fourth-order valence-corrected chi connectivity index (χ4v) is 4.48. The first-order chi connectivity index (χ1) is 12.2. The normalized spacial score (nSPS) is 18.5. The summed E-state index contributed by atoms with van der Waals surface area (Å²) in [6.07, 6.45) is 8.13. The number of nitrogens with one attached hydrogen (secondary N) is 2. The van der Waals surface area contributed by atoms with Gasteiger partial charge in [0.15, 0.2) is 5.13 Å². The van der Waals surface area contributed by atoms with E-state index < -0.39 is 0 Å². The second kappa shape index (κ2) is 6.93. The molecule has 0 saturated carbocycles. The van der Waals surface area contributed by atoms with Crippen molar-refractivity contribution < 1.29 is 4.79 Å². The Morgan fingerprint density at radius 3 is 3.24 bits per heavy atom. The number of hydrogen-bond donors (Lipinski definition) is 2. The van der Waals surface area contributed by atoms with Crippen molar-refractivity contribution in [3.8, 4) is 0 Å². The van der Waals surface area contributed by atoms with Crippen molar-refractivity contribution in [1.29, 1.82) is 0 Å². The van der Waals surface area contributed by atoms with E-state index in [4.69, 9.17) is 0 Å². The number of fused-ring (bicyclic) bond motifs is 1. The van der Waals surface area contributed by atoms with Gasteiger partial charge in [-0.3, -0.25) is 14.7 Å². The summed E-state index contributed by atoms with van der Waals surface area (Å²) in [7, 11) is 0. The van der Waals surface area contributed by atoms with Crippen molar-refractivity contribution in [2.75, 3.05) is 18.4 Å². The Morgan fingerprint density at radius 1 is 1.44 bits per heavy atom. The van der Waals surface area contributed by atoms with Gasteiger partial charge in [0, 0.05) is 43.5 Å². The standard InChI is InChI=1S/C18H21N5OS/c1-12(24)22-18-21-9-14(25-18)11-23-8-2-3-13(10-23)15-4-6-19-16-5-7-20-17(15)16/h4-7,9,13,20H,2-3,8,10-11H2,1H3,(H,21,22,24)/t13-/m0/s1. The highest BCUT2D eigenvalue weighted by molar-refractivity contribution is 7.15. The zero-order chi connectivity index (χ0) is 17.2. The van der Waals surface area contributed by atoms with E-state index in [0.29, 0.717) is 11.0 Å². The maximum Gasteiger partial charge on any atom is 0.223 e. The van der Waals surface area contributed by atoms with Gasteiger partial charge in [-0.2, -0.15) is 0 Å². The Morgan fingerprint density at radius 2 is 2.36 bits per heavy atom.